The maximum atomic E-state index is 12.9. The number of hydrogen-bond acceptors (Lipinski definition) is 7. The Kier molecular flexibility index (Phi) is 7.91. The van der Waals surface area contributed by atoms with Crippen LogP contribution in [0.15, 0.2) is 22.7 Å². The molecule has 0 aliphatic carbocycles. The Morgan fingerprint density at radius 3 is 2.41 bits per heavy atom. The fraction of sp³-hybridized carbons (Fsp3) is 0.500. The van der Waals surface area contributed by atoms with Crippen molar-refractivity contribution in [1.29, 1.82) is 0 Å². The van der Waals surface area contributed by atoms with Gasteiger partial charge in [0.15, 0.2) is 5.76 Å². The highest BCUT2D eigenvalue weighted by molar-refractivity contribution is 7.84. The molecule has 32 heavy (non-hydrogen) atoms. The summed E-state index contributed by atoms with van der Waals surface area (Å²) in [6, 6.07) is 3.42. The Balaban J connectivity index is 2.60. The molecule has 0 aliphatic rings. The van der Waals surface area contributed by atoms with Crippen molar-refractivity contribution >= 4 is 34.5 Å². The van der Waals surface area contributed by atoms with Crippen molar-refractivity contribution in [2.45, 2.75) is 71.3 Å². The second-order valence-electron chi connectivity index (χ2n) is 9.33. The third kappa shape index (κ3) is 6.63. The maximum absolute atomic E-state index is 12.9. The second-order valence-corrected chi connectivity index (χ2v) is 11.8. The monoisotopic (exact) mass is 483 g/mol. The number of carbonyl (C=O) groups excluding carboxylic acids is 2. The molecule has 0 aliphatic heterocycles. The zero-order valence-corrected chi connectivity index (χ0v) is 20.8. The Morgan fingerprint density at radius 1 is 1.25 bits per heavy atom. The van der Waals surface area contributed by atoms with Crippen molar-refractivity contribution in [2.24, 2.45) is 0 Å². The van der Waals surface area contributed by atoms with Gasteiger partial charge in [0, 0.05) is 16.1 Å². The van der Waals surface area contributed by atoms with Gasteiger partial charge in [-0.05, 0) is 66.2 Å². The predicted octanol–water partition coefficient (Wildman–Crippen LogP) is 3.49. The fourth-order valence-electron chi connectivity index (χ4n) is 2.90. The summed E-state index contributed by atoms with van der Waals surface area (Å²) in [6.07, 6.45) is -0.213. The van der Waals surface area contributed by atoms with Crippen LogP contribution in [0.3, 0.4) is 0 Å². The van der Waals surface area contributed by atoms with Crippen molar-refractivity contribution in [3.05, 3.63) is 40.2 Å². The summed E-state index contributed by atoms with van der Waals surface area (Å²) in [5, 5.41) is 15.9. The highest BCUT2D eigenvalue weighted by Gasteiger charge is 2.32. The molecule has 0 radical (unpaired) electrons. The van der Waals surface area contributed by atoms with E-state index < -0.39 is 39.3 Å². The lowest BCUT2D eigenvalue weighted by atomic mass is 9.95. The summed E-state index contributed by atoms with van der Waals surface area (Å²) >= 11 is 5.97. The molecule has 0 bridgehead atoms. The molecule has 1 aromatic heterocycles. The Labute approximate surface area is 195 Å². The van der Waals surface area contributed by atoms with Gasteiger partial charge in [0.1, 0.15) is 5.60 Å². The van der Waals surface area contributed by atoms with Crippen LogP contribution in [-0.4, -0.2) is 31.7 Å². The number of nitrogens with one attached hydrogen (secondary N) is 1. The molecule has 176 valence electrons. The van der Waals surface area contributed by atoms with Gasteiger partial charge in [-0.3, -0.25) is 4.79 Å². The van der Waals surface area contributed by atoms with Crippen molar-refractivity contribution < 1.29 is 28.2 Å². The van der Waals surface area contributed by atoms with Crippen molar-refractivity contribution in [3.8, 4) is 11.1 Å². The average Bonchev–Trinajstić information content (AvgIpc) is 3.00. The number of aryl methyl sites for hydroxylation is 1. The third-order valence-electron chi connectivity index (χ3n) is 4.27. The van der Waals surface area contributed by atoms with Gasteiger partial charge in [0.2, 0.25) is 0 Å². The SMILES string of the molecule is Cc1noc([C@H](CC(=O)OC(C)(C)C)N[S@@](=O)C(C)(C)C)c1-c1ccc(Cl)cc1C(=O)[O-]. The van der Waals surface area contributed by atoms with Crippen LogP contribution in [0.2, 0.25) is 5.02 Å². The first-order valence-electron chi connectivity index (χ1n) is 9.97. The number of nitrogens with zero attached hydrogens (tertiary/aromatic N) is 1. The summed E-state index contributed by atoms with van der Waals surface area (Å²) in [5.74, 6) is -1.81. The van der Waals surface area contributed by atoms with Crippen LogP contribution in [0.5, 0.6) is 0 Å². The number of hydrogen-bond donors (Lipinski definition) is 1. The first-order valence-corrected chi connectivity index (χ1v) is 11.5. The first-order chi connectivity index (χ1) is 14.6. The van der Waals surface area contributed by atoms with E-state index in [1.54, 1.807) is 48.5 Å². The zero-order chi connectivity index (χ0) is 24.4. The van der Waals surface area contributed by atoms with Crippen LogP contribution in [0, 0.1) is 6.92 Å². The fourth-order valence-corrected chi connectivity index (χ4v) is 3.87. The van der Waals surface area contributed by atoms with Crippen LogP contribution in [0.25, 0.3) is 11.1 Å². The Hall–Kier alpha value is -2.23. The standard InChI is InChI=1S/C22H29ClN2O6S/c1-12-18(14-9-8-13(23)10-15(14)20(27)28)19(31-24-12)16(25-32(29)22(5,6)7)11-17(26)30-21(2,3)4/h8-10,16,25H,11H2,1-7H3,(H,27,28)/p-1/t16-,32-/m0/s1. The summed E-state index contributed by atoms with van der Waals surface area (Å²) in [6.45, 7) is 12.2. The minimum Gasteiger partial charge on any atom is -0.545 e. The highest BCUT2D eigenvalue weighted by atomic mass is 35.5. The van der Waals surface area contributed by atoms with Gasteiger partial charge in [-0.25, -0.2) is 8.93 Å². The molecule has 0 fully saturated rings. The van der Waals surface area contributed by atoms with Crippen molar-refractivity contribution in [1.82, 2.24) is 9.88 Å². The summed E-state index contributed by atoms with van der Waals surface area (Å²) in [5.41, 5.74) is 0.136. The minimum absolute atomic E-state index is 0.155. The Bertz CT molecular complexity index is 1040. The molecule has 0 amide bonds. The molecule has 1 heterocycles. The molecule has 2 atom stereocenters. The number of halogens is 1. The second kappa shape index (κ2) is 9.72. The summed E-state index contributed by atoms with van der Waals surface area (Å²) in [7, 11) is -1.58. The maximum Gasteiger partial charge on any atom is 0.308 e. The van der Waals surface area contributed by atoms with E-state index in [0.29, 0.717) is 11.3 Å². The molecule has 8 nitrogen and oxygen atoms in total. The van der Waals surface area contributed by atoms with Gasteiger partial charge < -0.3 is 19.2 Å². The van der Waals surface area contributed by atoms with Gasteiger partial charge >= 0.3 is 5.97 Å². The minimum atomic E-state index is -1.58. The van der Waals surface area contributed by atoms with Crippen LogP contribution < -0.4 is 9.83 Å². The quantitative estimate of drug-likeness (QED) is 0.598. The molecule has 10 heteroatoms. The largest absolute Gasteiger partial charge is 0.545 e. The zero-order valence-electron chi connectivity index (χ0n) is 19.2. The van der Waals surface area contributed by atoms with Gasteiger partial charge in [-0.1, -0.05) is 22.8 Å². The molecular formula is C22H28ClN2O6S-. The van der Waals surface area contributed by atoms with E-state index in [1.165, 1.54) is 18.2 Å². The van der Waals surface area contributed by atoms with Gasteiger partial charge in [0.05, 0.1) is 39.9 Å². The van der Waals surface area contributed by atoms with Gasteiger partial charge in [-0.15, -0.1) is 0 Å². The third-order valence-corrected chi connectivity index (χ3v) is 6.12. The van der Waals surface area contributed by atoms with E-state index in [0.717, 1.165) is 0 Å². The van der Waals surface area contributed by atoms with Gasteiger partial charge in [-0.2, -0.15) is 0 Å². The molecule has 2 aromatic rings. The van der Waals surface area contributed by atoms with E-state index >= 15 is 0 Å². The number of carboxylic acid groups (broad SMARTS) is 1. The average molecular weight is 484 g/mol. The lowest BCUT2D eigenvalue weighted by Crippen LogP contribution is -2.37. The molecule has 0 saturated heterocycles. The highest BCUT2D eigenvalue weighted by Crippen LogP contribution is 2.36. The summed E-state index contributed by atoms with van der Waals surface area (Å²) in [4.78, 5) is 24.3. The number of carboxylic acids is 1. The van der Waals surface area contributed by atoms with E-state index in [2.05, 4.69) is 9.88 Å². The first kappa shape index (κ1) is 26.0. The molecule has 0 saturated carbocycles. The van der Waals surface area contributed by atoms with E-state index in [1.807, 2.05) is 0 Å². The van der Waals surface area contributed by atoms with E-state index in [9.17, 15) is 18.9 Å². The molecule has 0 unspecified atom stereocenters. The van der Waals surface area contributed by atoms with Crippen molar-refractivity contribution in [2.75, 3.05) is 0 Å². The summed E-state index contributed by atoms with van der Waals surface area (Å²) < 4.78 is 26.1. The molecule has 1 aromatic carbocycles. The lowest BCUT2D eigenvalue weighted by molar-refractivity contribution is -0.254. The Morgan fingerprint density at radius 2 is 1.88 bits per heavy atom. The number of aromatic carboxylic acids is 1. The number of benzene rings is 1. The molecule has 1 N–H and O–H groups in total. The van der Waals surface area contributed by atoms with E-state index in [-0.39, 0.29) is 28.3 Å². The number of carbonyl (C=O) groups is 2. The number of ether oxygens (including phenoxy) is 1. The van der Waals surface area contributed by atoms with Crippen LogP contribution >= 0.6 is 11.6 Å². The lowest BCUT2D eigenvalue weighted by Gasteiger charge is -2.25. The van der Waals surface area contributed by atoms with Crippen LogP contribution in [0.1, 0.15) is 75.8 Å². The van der Waals surface area contributed by atoms with Gasteiger partial charge in [0.25, 0.3) is 0 Å². The van der Waals surface area contributed by atoms with Crippen LogP contribution in [-0.2, 0) is 20.5 Å². The molecule has 2 rings (SSSR count). The molecular weight excluding hydrogens is 456 g/mol. The topological polar surface area (TPSA) is 122 Å². The number of esters is 1. The predicted molar refractivity (Wildman–Crippen MR) is 120 cm³/mol. The molecule has 0 spiro atoms. The number of rotatable bonds is 7. The van der Waals surface area contributed by atoms with E-state index in [4.69, 9.17) is 20.9 Å². The van der Waals surface area contributed by atoms with Crippen molar-refractivity contribution in [3.63, 3.8) is 0 Å². The normalized spacial score (nSPS) is 14.1. The van der Waals surface area contributed by atoms with Crippen LogP contribution in [0.4, 0.5) is 0 Å². The smallest absolute Gasteiger partial charge is 0.308 e. The number of aromatic nitrogens is 1.